The molecule has 3 rings (SSSR count). The lowest BCUT2D eigenvalue weighted by molar-refractivity contribution is 0.415. The zero-order chi connectivity index (χ0) is 12.5. The maximum absolute atomic E-state index is 5.26. The highest BCUT2D eigenvalue weighted by Gasteiger charge is 2.20. The minimum atomic E-state index is 0.788. The molecule has 0 aliphatic heterocycles. The molecule has 2 N–H and O–H groups in total. The maximum atomic E-state index is 5.26. The Morgan fingerprint density at radius 3 is 2.94 bits per heavy atom. The molecule has 3 nitrogen and oxygen atoms in total. The van der Waals surface area contributed by atoms with Crippen molar-refractivity contribution in [3.05, 3.63) is 29.5 Å². The van der Waals surface area contributed by atoms with Gasteiger partial charge in [0.2, 0.25) is 0 Å². The zero-order valence-corrected chi connectivity index (χ0v) is 11.0. The lowest BCUT2D eigenvalue weighted by Gasteiger charge is -2.04. The summed E-state index contributed by atoms with van der Waals surface area (Å²) < 4.78 is 5.26. The number of hydrogen-bond donors (Lipinski definition) is 2. The molecule has 0 atom stereocenters. The van der Waals surface area contributed by atoms with Gasteiger partial charge in [-0.3, -0.25) is 0 Å². The van der Waals surface area contributed by atoms with Gasteiger partial charge in [0.25, 0.3) is 0 Å². The third-order valence-corrected chi connectivity index (χ3v) is 3.71. The van der Waals surface area contributed by atoms with Crippen molar-refractivity contribution in [2.45, 2.75) is 32.2 Å². The summed E-state index contributed by atoms with van der Waals surface area (Å²) in [6, 6.07) is 7.05. The molecule has 0 bridgehead atoms. The lowest BCUT2D eigenvalue weighted by Crippen LogP contribution is -2.19. The van der Waals surface area contributed by atoms with Crippen molar-refractivity contribution in [3.63, 3.8) is 0 Å². The van der Waals surface area contributed by atoms with E-state index in [2.05, 4.69) is 29.4 Å². The maximum Gasteiger partial charge on any atom is 0.120 e. The molecule has 1 aromatic carbocycles. The standard InChI is InChI=1S/C15H20N2O/c1-10-13(7-8-16-11-3-4-11)14-6-5-12(18-2)9-15(14)17-10/h5-6,9,11,16-17H,3-4,7-8H2,1-2H3. The molecular weight excluding hydrogens is 224 g/mol. The normalized spacial score (nSPS) is 15.2. The summed E-state index contributed by atoms with van der Waals surface area (Å²) in [4.78, 5) is 3.45. The smallest absolute Gasteiger partial charge is 0.120 e. The Labute approximate surface area is 108 Å². The van der Waals surface area contributed by atoms with Crippen molar-refractivity contribution in [1.29, 1.82) is 0 Å². The number of benzene rings is 1. The fourth-order valence-corrected chi connectivity index (χ4v) is 2.51. The minimum Gasteiger partial charge on any atom is -0.497 e. The second-order valence-electron chi connectivity index (χ2n) is 5.12. The van der Waals surface area contributed by atoms with Gasteiger partial charge in [-0.2, -0.15) is 0 Å². The van der Waals surface area contributed by atoms with Gasteiger partial charge in [0, 0.05) is 28.7 Å². The molecule has 0 spiro atoms. The minimum absolute atomic E-state index is 0.788. The average molecular weight is 244 g/mol. The topological polar surface area (TPSA) is 37.0 Å². The molecular formula is C15H20N2O. The number of nitrogens with one attached hydrogen (secondary N) is 2. The first-order chi connectivity index (χ1) is 8.78. The molecule has 96 valence electrons. The van der Waals surface area contributed by atoms with Crippen LogP contribution < -0.4 is 10.1 Å². The Morgan fingerprint density at radius 2 is 2.22 bits per heavy atom. The van der Waals surface area contributed by atoms with Crippen LogP contribution in [0.4, 0.5) is 0 Å². The van der Waals surface area contributed by atoms with E-state index < -0.39 is 0 Å². The zero-order valence-electron chi connectivity index (χ0n) is 11.0. The Bertz CT molecular complexity index is 555. The molecule has 1 aliphatic rings. The van der Waals surface area contributed by atoms with Gasteiger partial charge in [-0.1, -0.05) is 0 Å². The molecule has 1 aromatic heterocycles. The Kier molecular flexibility index (Phi) is 3.00. The number of methoxy groups -OCH3 is 1. The van der Waals surface area contributed by atoms with Crippen LogP contribution in [-0.4, -0.2) is 24.7 Å². The van der Waals surface area contributed by atoms with E-state index in [9.17, 15) is 0 Å². The van der Waals surface area contributed by atoms with Crippen LogP contribution >= 0.6 is 0 Å². The Balaban J connectivity index is 1.82. The van der Waals surface area contributed by atoms with Crippen molar-refractivity contribution in [3.8, 4) is 5.75 Å². The second kappa shape index (κ2) is 4.65. The fourth-order valence-electron chi connectivity index (χ4n) is 2.51. The third kappa shape index (κ3) is 2.23. The second-order valence-corrected chi connectivity index (χ2v) is 5.12. The van der Waals surface area contributed by atoms with Gasteiger partial charge in [-0.25, -0.2) is 0 Å². The molecule has 1 fully saturated rings. The number of aromatic nitrogens is 1. The van der Waals surface area contributed by atoms with Gasteiger partial charge in [0.1, 0.15) is 5.75 Å². The van der Waals surface area contributed by atoms with Crippen LogP contribution in [0.25, 0.3) is 10.9 Å². The number of rotatable bonds is 5. The van der Waals surface area contributed by atoms with E-state index in [1.165, 1.54) is 35.0 Å². The van der Waals surface area contributed by atoms with Crippen LogP contribution in [0, 0.1) is 6.92 Å². The molecule has 0 unspecified atom stereocenters. The van der Waals surface area contributed by atoms with Crippen molar-refractivity contribution in [2.75, 3.05) is 13.7 Å². The van der Waals surface area contributed by atoms with E-state index in [-0.39, 0.29) is 0 Å². The van der Waals surface area contributed by atoms with Crippen molar-refractivity contribution in [1.82, 2.24) is 10.3 Å². The summed E-state index contributed by atoms with van der Waals surface area (Å²) in [6.07, 6.45) is 3.79. The Hall–Kier alpha value is -1.48. The third-order valence-electron chi connectivity index (χ3n) is 3.71. The summed E-state index contributed by atoms with van der Waals surface area (Å²) in [7, 11) is 1.71. The van der Waals surface area contributed by atoms with Crippen LogP contribution in [-0.2, 0) is 6.42 Å². The van der Waals surface area contributed by atoms with E-state index in [4.69, 9.17) is 4.74 Å². The molecule has 0 amide bonds. The molecule has 0 saturated heterocycles. The van der Waals surface area contributed by atoms with Crippen LogP contribution in [0.2, 0.25) is 0 Å². The highest BCUT2D eigenvalue weighted by atomic mass is 16.5. The van der Waals surface area contributed by atoms with Gasteiger partial charge in [-0.15, -0.1) is 0 Å². The first-order valence-electron chi connectivity index (χ1n) is 6.66. The van der Waals surface area contributed by atoms with Gasteiger partial charge in [-0.05, 0) is 50.4 Å². The highest BCUT2D eigenvalue weighted by molar-refractivity contribution is 5.85. The number of H-pyrrole nitrogens is 1. The summed E-state index contributed by atoms with van der Waals surface area (Å²) in [5.41, 5.74) is 3.88. The molecule has 2 aromatic rings. The summed E-state index contributed by atoms with van der Waals surface area (Å²) in [5, 5.41) is 4.90. The van der Waals surface area contributed by atoms with Gasteiger partial charge in [0.15, 0.2) is 0 Å². The largest absolute Gasteiger partial charge is 0.497 e. The van der Waals surface area contributed by atoms with E-state index in [1.54, 1.807) is 7.11 Å². The van der Waals surface area contributed by atoms with Crippen molar-refractivity contribution in [2.24, 2.45) is 0 Å². The van der Waals surface area contributed by atoms with Crippen LogP contribution in [0.1, 0.15) is 24.1 Å². The van der Waals surface area contributed by atoms with E-state index in [0.29, 0.717) is 0 Å². The van der Waals surface area contributed by atoms with Crippen molar-refractivity contribution < 1.29 is 4.74 Å². The monoisotopic (exact) mass is 244 g/mol. The molecule has 3 heteroatoms. The summed E-state index contributed by atoms with van der Waals surface area (Å²) >= 11 is 0. The summed E-state index contributed by atoms with van der Waals surface area (Å²) in [6.45, 7) is 3.23. The molecule has 1 heterocycles. The predicted molar refractivity (Wildman–Crippen MR) is 74.3 cm³/mol. The van der Waals surface area contributed by atoms with Crippen molar-refractivity contribution >= 4 is 10.9 Å². The van der Waals surface area contributed by atoms with E-state index in [1.807, 2.05) is 6.07 Å². The van der Waals surface area contributed by atoms with E-state index in [0.717, 1.165) is 24.8 Å². The highest BCUT2D eigenvalue weighted by Crippen LogP contribution is 2.26. The van der Waals surface area contributed by atoms with Crippen LogP contribution in [0.3, 0.4) is 0 Å². The number of ether oxygens (including phenoxy) is 1. The summed E-state index contributed by atoms with van der Waals surface area (Å²) in [5.74, 6) is 0.909. The van der Waals surface area contributed by atoms with Gasteiger partial charge < -0.3 is 15.0 Å². The quantitative estimate of drug-likeness (QED) is 0.848. The number of fused-ring (bicyclic) bond motifs is 1. The van der Waals surface area contributed by atoms with Gasteiger partial charge >= 0.3 is 0 Å². The van der Waals surface area contributed by atoms with Gasteiger partial charge in [0.05, 0.1) is 7.11 Å². The SMILES string of the molecule is COc1ccc2c(CCNC3CC3)c(C)[nH]c2c1. The first kappa shape index (κ1) is 11.6. The first-order valence-corrected chi connectivity index (χ1v) is 6.66. The number of hydrogen-bond acceptors (Lipinski definition) is 2. The number of aromatic amines is 1. The molecule has 1 aliphatic carbocycles. The van der Waals surface area contributed by atoms with Crippen LogP contribution in [0.15, 0.2) is 18.2 Å². The van der Waals surface area contributed by atoms with Crippen LogP contribution in [0.5, 0.6) is 5.75 Å². The molecule has 0 radical (unpaired) electrons. The number of aryl methyl sites for hydroxylation is 1. The average Bonchev–Trinajstić information content (AvgIpc) is 3.14. The molecule has 18 heavy (non-hydrogen) atoms. The van der Waals surface area contributed by atoms with E-state index >= 15 is 0 Å². The lowest BCUT2D eigenvalue weighted by atomic mass is 10.1. The Morgan fingerprint density at radius 1 is 1.39 bits per heavy atom. The predicted octanol–water partition coefficient (Wildman–Crippen LogP) is 2.78. The molecule has 1 saturated carbocycles. The fraction of sp³-hybridized carbons (Fsp3) is 0.467.